The maximum Gasteiger partial charge on any atom is 0.188 e. The molecule has 1 aromatic rings. The fourth-order valence-electron chi connectivity index (χ4n) is 1.49. The van der Waals surface area contributed by atoms with Gasteiger partial charge in [-0.3, -0.25) is 4.99 Å². The van der Waals surface area contributed by atoms with E-state index >= 15 is 0 Å². The van der Waals surface area contributed by atoms with Crippen LogP contribution in [0.1, 0.15) is 18.7 Å². The van der Waals surface area contributed by atoms with Crippen LogP contribution in [0.5, 0.6) is 0 Å². The number of guanidine groups is 1. The van der Waals surface area contributed by atoms with E-state index in [0.29, 0.717) is 12.6 Å². The highest BCUT2D eigenvalue weighted by molar-refractivity contribution is 14.0. The molecule has 0 aliphatic rings. The summed E-state index contributed by atoms with van der Waals surface area (Å²) in [6.07, 6.45) is 0. The van der Waals surface area contributed by atoms with Crippen molar-refractivity contribution in [3.05, 3.63) is 22.4 Å². The molecule has 0 aliphatic carbocycles. The number of nitrogens with one attached hydrogen (secondary N) is 1. The molecule has 110 valence electrons. The molecule has 0 fully saturated rings. The van der Waals surface area contributed by atoms with Crippen LogP contribution >= 0.6 is 35.3 Å². The molecule has 7 heteroatoms. The van der Waals surface area contributed by atoms with E-state index in [1.807, 2.05) is 24.4 Å². The lowest BCUT2D eigenvalue weighted by Gasteiger charge is -2.20. The number of methoxy groups -OCH3 is 1. The summed E-state index contributed by atoms with van der Waals surface area (Å²) in [5.74, 6) is 0.316. The van der Waals surface area contributed by atoms with Gasteiger partial charge in [0.1, 0.15) is 5.60 Å². The second-order valence-electron chi connectivity index (χ2n) is 4.45. The number of hydrogen-bond acceptors (Lipinski definition) is 4. The molecule has 0 aromatic carbocycles. The van der Waals surface area contributed by atoms with Gasteiger partial charge in [0.15, 0.2) is 5.96 Å². The summed E-state index contributed by atoms with van der Waals surface area (Å²) in [7, 11) is 1.63. The summed E-state index contributed by atoms with van der Waals surface area (Å²) in [6, 6.07) is 3.88. The van der Waals surface area contributed by atoms with Crippen molar-refractivity contribution >= 4 is 41.3 Å². The van der Waals surface area contributed by atoms with E-state index in [0.717, 1.165) is 4.88 Å². The second-order valence-corrected chi connectivity index (χ2v) is 5.40. The third kappa shape index (κ3) is 6.55. The Morgan fingerprint density at radius 3 is 2.89 bits per heavy atom. The Bertz CT molecular complexity index is 382. The third-order valence-corrected chi connectivity index (χ3v) is 3.54. The molecule has 1 rings (SSSR count). The number of hydrogen-bond donors (Lipinski definition) is 3. The summed E-state index contributed by atoms with van der Waals surface area (Å²) in [6.45, 7) is 4.46. The van der Waals surface area contributed by atoms with Crippen molar-refractivity contribution in [2.75, 3.05) is 20.3 Å². The largest absolute Gasteiger partial charge is 0.383 e. The van der Waals surface area contributed by atoms with Crippen LogP contribution in [0.15, 0.2) is 22.5 Å². The van der Waals surface area contributed by atoms with Crippen molar-refractivity contribution < 1.29 is 9.84 Å². The number of ether oxygens (including phenoxy) is 1. The van der Waals surface area contributed by atoms with E-state index in [1.54, 1.807) is 14.0 Å². The Labute approximate surface area is 135 Å². The van der Waals surface area contributed by atoms with Gasteiger partial charge in [0.25, 0.3) is 0 Å². The molecular weight excluding hydrogens is 377 g/mol. The average Bonchev–Trinajstić information content (AvgIpc) is 2.81. The van der Waals surface area contributed by atoms with Crippen LogP contribution in [0.4, 0.5) is 0 Å². The zero-order valence-electron chi connectivity index (χ0n) is 11.4. The first-order chi connectivity index (χ1) is 8.45. The van der Waals surface area contributed by atoms with E-state index in [1.165, 1.54) is 11.3 Å². The lowest BCUT2D eigenvalue weighted by Crippen LogP contribution is -2.41. The van der Waals surface area contributed by atoms with E-state index in [2.05, 4.69) is 10.3 Å². The Morgan fingerprint density at radius 2 is 2.37 bits per heavy atom. The minimum absolute atomic E-state index is 0. The molecule has 2 atom stereocenters. The first-order valence-corrected chi connectivity index (χ1v) is 6.65. The highest BCUT2D eigenvalue weighted by Crippen LogP contribution is 2.25. The molecule has 19 heavy (non-hydrogen) atoms. The van der Waals surface area contributed by atoms with Gasteiger partial charge in [-0.2, -0.15) is 0 Å². The fraction of sp³-hybridized carbons (Fsp3) is 0.583. The Balaban J connectivity index is 0.00000324. The second kappa shape index (κ2) is 8.72. The smallest absolute Gasteiger partial charge is 0.188 e. The van der Waals surface area contributed by atoms with Crippen LogP contribution in [0.25, 0.3) is 0 Å². The Morgan fingerprint density at radius 1 is 1.68 bits per heavy atom. The van der Waals surface area contributed by atoms with Crippen molar-refractivity contribution in [1.29, 1.82) is 0 Å². The fourth-order valence-corrected chi connectivity index (χ4v) is 2.27. The highest BCUT2D eigenvalue weighted by atomic mass is 127. The minimum atomic E-state index is -0.981. The zero-order chi connectivity index (χ0) is 13.6. The van der Waals surface area contributed by atoms with Gasteiger partial charge in [-0.25, -0.2) is 0 Å². The molecule has 0 spiro atoms. The van der Waals surface area contributed by atoms with Gasteiger partial charge in [0.05, 0.1) is 13.2 Å². The highest BCUT2D eigenvalue weighted by Gasteiger charge is 2.23. The first-order valence-electron chi connectivity index (χ1n) is 5.77. The monoisotopic (exact) mass is 399 g/mol. The van der Waals surface area contributed by atoms with Gasteiger partial charge in [-0.15, -0.1) is 35.3 Å². The molecule has 0 saturated heterocycles. The van der Waals surface area contributed by atoms with Gasteiger partial charge >= 0.3 is 0 Å². The summed E-state index contributed by atoms with van der Waals surface area (Å²) in [5.41, 5.74) is 4.76. The van der Waals surface area contributed by atoms with Gasteiger partial charge in [-0.05, 0) is 25.3 Å². The molecule has 4 N–H and O–H groups in total. The zero-order valence-corrected chi connectivity index (χ0v) is 14.6. The van der Waals surface area contributed by atoms with Crippen molar-refractivity contribution in [1.82, 2.24) is 5.32 Å². The quantitative estimate of drug-likeness (QED) is 0.385. The molecule has 0 radical (unpaired) electrons. The van der Waals surface area contributed by atoms with Gasteiger partial charge in [-0.1, -0.05) is 6.07 Å². The number of halogens is 1. The first kappa shape index (κ1) is 18.6. The maximum atomic E-state index is 10.3. The molecule has 0 aliphatic heterocycles. The lowest BCUT2D eigenvalue weighted by molar-refractivity contribution is 0.0711. The molecule has 0 amide bonds. The number of rotatable bonds is 6. The molecular formula is C12H22IN3O2S. The van der Waals surface area contributed by atoms with Crippen LogP contribution in [0, 0.1) is 0 Å². The lowest BCUT2D eigenvalue weighted by atomic mass is 10.1. The summed E-state index contributed by atoms with van der Waals surface area (Å²) in [4.78, 5) is 5.04. The van der Waals surface area contributed by atoms with Crippen LogP contribution < -0.4 is 11.1 Å². The summed E-state index contributed by atoms with van der Waals surface area (Å²) >= 11 is 1.50. The minimum Gasteiger partial charge on any atom is -0.383 e. The Kier molecular flexibility index (Phi) is 8.55. The molecule has 1 heterocycles. The van der Waals surface area contributed by atoms with Crippen LogP contribution in [-0.2, 0) is 10.3 Å². The number of aliphatic hydroxyl groups is 1. The number of nitrogens with two attached hydrogens (primary N) is 1. The van der Waals surface area contributed by atoms with Crippen molar-refractivity contribution in [2.45, 2.75) is 25.5 Å². The SMILES string of the molecule is COCC(C)NC(N)=NCC(C)(O)c1cccs1.I. The summed E-state index contributed by atoms with van der Waals surface area (Å²) < 4.78 is 4.99. The van der Waals surface area contributed by atoms with E-state index < -0.39 is 5.60 Å². The van der Waals surface area contributed by atoms with Crippen LogP contribution in [0.2, 0.25) is 0 Å². The standard InChI is InChI=1S/C12H21N3O2S.HI/c1-9(7-17-3)15-11(13)14-8-12(2,16)10-5-4-6-18-10;/h4-6,9,16H,7-8H2,1-3H3,(H3,13,14,15);1H. The van der Waals surface area contributed by atoms with Gasteiger partial charge in [0, 0.05) is 18.0 Å². The predicted molar refractivity (Wildman–Crippen MR) is 90.3 cm³/mol. The summed E-state index contributed by atoms with van der Waals surface area (Å²) in [5, 5.41) is 15.2. The van der Waals surface area contributed by atoms with E-state index in [9.17, 15) is 5.11 Å². The third-order valence-electron chi connectivity index (χ3n) is 2.42. The van der Waals surface area contributed by atoms with E-state index in [-0.39, 0.29) is 36.6 Å². The maximum absolute atomic E-state index is 10.3. The topological polar surface area (TPSA) is 79.9 Å². The number of aliphatic imine (C=N–C) groups is 1. The van der Waals surface area contributed by atoms with Crippen molar-refractivity contribution in [3.8, 4) is 0 Å². The van der Waals surface area contributed by atoms with Crippen molar-refractivity contribution in [2.24, 2.45) is 10.7 Å². The molecule has 2 unspecified atom stereocenters. The molecule has 1 aromatic heterocycles. The average molecular weight is 399 g/mol. The number of thiophene rings is 1. The normalized spacial score (nSPS) is 16.3. The van der Waals surface area contributed by atoms with Gasteiger partial charge < -0.3 is 20.9 Å². The molecule has 5 nitrogen and oxygen atoms in total. The predicted octanol–water partition coefficient (Wildman–Crippen LogP) is 1.51. The van der Waals surface area contributed by atoms with Crippen LogP contribution in [-0.4, -0.2) is 37.4 Å². The molecule has 0 saturated carbocycles. The number of nitrogens with zero attached hydrogens (tertiary/aromatic N) is 1. The van der Waals surface area contributed by atoms with Crippen LogP contribution in [0.3, 0.4) is 0 Å². The Hall–Kier alpha value is -0.380. The van der Waals surface area contributed by atoms with Gasteiger partial charge in [0.2, 0.25) is 0 Å². The molecule has 0 bridgehead atoms. The van der Waals surface area contributed by atoms with Crippen molar-refractivity contribution in [3.63, 3.8) is 0 Å². The van der Waals surface area contributed by atoms with E-state index in [4.69, 9.17) is 10.5 Å².